The fourth-order valence-electron chi connectivity index (χ4n) is 1.07. The smallest absolute Gasteiger partial charge is 0.410 e. The molecule has 0 saturated carbocycles. The molecule has 88 valence electrons. The summed E-state index contributed by atoms with van der Waals surface area (Å²) in [5.74, 6) is 0. The molecular weight excluding hydrogens is 190 g/mol. The molecule has 0 aromatic carbocycles. The van der Waals surface area contributed by atoms with E-state index in [1.807, 2.05) is 26.8 Å². The zero-order chi connectivity index (χ0) is 11.9. The predicted octanol–water partition coefficient (Wildman–Crippen LogP) is 3.21. The number of rotatable bonds is 5. The van der Waals surface area contributed by atoms with E-state index >= 15 is 0 Å². The van der Waals surface area contributed by atoms with Crippen molar-refractivity contribution in [2.24, 2.45) is 0 Å². The summed E-state index contributed by atoms with van der Waals surface area (Å²) in [4.78, 5) is 13.1. The molecule has 0 aliphatic heterocycles. The summed E-state index contributed by atoms with van der Waals surface area (Å²) in [5.41, 5.74) is -0.410. The monoisotopic (exact) mass is 213 g/mol. The molecule has 3 heteroatoms. The summed E-state index contributed by atoms with van der Waals surface area (Å²) in [6.07, 6.45) is 4.70. The van der Waals surface area contributed by atoms with E-state index in [1.54, 1.807) is 11.9 Å². The molecule has 0 heterocycles. The van der Waals surface area contributed by atoms with Crippen molar-refractivity contribution in [1.82, 2.24) is 4.90 Å². The van der Waals surface area contributed by atoms with Gasteiger partial charge in [-0.1, -0.05) is 6.08 Å². The van der Waals surface area contributed by atoms with Crippen LogP contribution in [0.15, 0.2) is 12.7 Å². The Bertz CT molecular complexity index is 206. The summed E-state index contributed by atoms with van der Waals surface area (Å²) in [6.45, 7) is 10.0. The highest BCUT2D eigenvalue weighted by atomic mass is 16.6. The second kappa shape index (κ2) is 6.49. The highest BCUT2D eigenvalue weighted by molar-refractivity contribution is 5.67. The number of allylic oxidation sites excluding steroid dienone is 1. The van der Waals surface area contributed by atoms with Gasteiger partial charge in [-0.3, -0.25) is 0 Å². The van der Waals surface area contributed by atoms with Gasteiger partial charge in [0.1, 0.15) is 5.60 Å². The number of hydrogen-bond donors (Lipinski definition) is 0. The van der Waals surface area contributed by atoms with Gasteiger partial charge >= 0.3 is 6.09 Å². The van der Waals surface area contributed by atoms with Crippen LogP contribution in [-0.2, 0) is 4.74 Å². The van der Waals surface area contributed by atoms with Crippen molar-refractivity contribution in [3.8, 4) is 0 Å². The van der Waals surface area contributed by atoms with Crippen LogP contribution in [0.1, 0.15) is 40.0 Å². The lowest BCUT2D eigenvalue weighted by molar-refractivity contribution is 0.0296. The van der Waals surface area contributed by atoms with E-state index in [4.69, 9.17) is 4.74 Å². The van der Waals surface area contributed by atoms with Gasteiger partial charge in [0.05, 0.1) is 0 Å². The maximum atomic E-state index is 11.5. The number of nitrogens with zero attached hydrogens (tertiary/aromatic N) is 1. The third kappa shape index (κ3) is 8.03. The summed E-state index contributed by atoms with van der Waals surface area (Å²) >= 11 is 0. The summed E-state index contributed by atoms with van der Waals surface area (Å²) in [6, 6.07) is 0. The maximum Gasteiger partial charge on any atom is 0.410 e. The maximum absolute atomic E-state index is 11.5. The van der Waals surface area contributed by atoms with Crippen molar-refractivity contribution in [2.75, 3.05) is 13.6 Å². The van der Waals surface area contributed by atoms with Crippen LogP contribution in [0.2, 0.25) is 0 Å². The van der Waals surface area contributed by atoms with Gasteiger partial charge in [0.15, 0.2) is 0 Å². The second-order valence-electron chi connectivity index (χ2n) is 4.69. The minimum absolute atomic E-state index is 0.249. The molecular formula is C12H23NO2. The Morgan fingerprint density at radius 2 is 2.00 bits per heavy atom. The number of carbonyl (C=O) groups excluding carboxylic acids is 1. The molecule has 1 amide bonds. The SMILES string of the molecule is C=CCCCCN(C)C(=O)OC(C)(C)C. The zero-order valence-corrected chi connectivity index (χ0v) is 10.4. The topological polar surface area (TPSA) is 29.5 Å². The average Bonchev–Trinajstić information content (AvgIpc) is 2.09. The van der Waals surface area contributed by atoms with Crippen LogP contribution in [0.25, 0.3) is 0 Å². The van der Waals surface area contributed by atoms with E-state index < -0.39 is 5.60 Å². The van der Waals surface area contributed by atoms with Crippen molar-refractivity contribution in [2.45, 2.75) is 45.6 Å². The third-order valence-electron chi connectivity index (χ3n) is 1.86. The van der Waals surface area contributed by atoms with Gasteiger partial charge in [-0.05, 0) is 40.0 Å². The molecule has 0 aromatic rings. The summed E-state index contributed by atoms with van der Waals surface area (Å²) in [7, 11) is 1.77. The molecule has 0 aromatic heterocycles. The van der Waals surface area contributed by atoms with Crippen LogP contribution in [0.4, 0.5) is 4.79 Å². The van der Waals surface area contributed by atoms with Gasteiger partial charge in [-0.25, -0.2) is 4.79 Å². The lowest BCUT2D eigenvalue weighted by atomic mass is 10.2. The van der Waals surface area contributed by atoms with E-state index in [0.29, 0.717) is 0 Å². The minimum Gasteiger partial charge on any atom is -0.444 e. The molecule has 0 aliphatic rings. The van der Waals surface area contributed by atoms with E-state index in [2.05, 4.69) is 6.58 Å². The molecule has 3 nitrogen and oxygen atoms in total. The van der Waals surface area contributed by atoms with Gasteiger partial charge in [0.25, 0.3) is 0 Å². The molecule has 0 saturated heterocycles. The van der Waals surface area contributed by atoms with Gasteiger partial charge < -0.3 is 9.64 Å². The normalized spacial score (nSPS) is 10.9. The van der Waals surface area contributed by atoms with Crippen LogP contribution < -0.4 is 0 Å². The standard InChI is InChI=1S/C12H23NO2/c1-6-7-8-9-10-13(5)11(14)15-12(2,3)4/h6H,1,7-10H2,2-5H3. The highest BCUT2D eigenvalue weighted by Crippen LogP contribution is 2.09. The Kier molecular flexibility index (Phi) is 6.06. The lowest BCUT2D eigenvalue weighted by Gasteiger charge is -2.24. The lowest BCUT2D eigenvalue weighted by Crippen LogP contribution is -2.34. The van der Waals surface area contributed by atoms with Crippen LogP contribution in [-0.4, -0.2) is 30.2 Å². The Balaban J connectivity index is 3.74. The zero-order valence-electron chi connectivity index (χ0n) is 10.4. The van der Waals surface area contributed by atoms with Gasteiger partial charge in [0, 0.05) is 13.6 Å². The van der Waals surface area contributed by atoms with E-state index in [-0.39, 0.29) is 6.09 Å². The van der Waals surface area contributed by atoms with Crippen molar-refractivity contribution in [3.05, 3.63) is 12.7 Å². The fourth-order valence-corrected chi connectivity index (χ4v) is 1.07. The molecule has 0 unspecified atom stereocenters. The summed E-state index contributed by atoms with van der Waals surface area (Å²) in [5, 5.41) is 0. The molecule has 0 atom stereocenters. The van der Waals surface area contributed by atoms with Crippen LogP contribution in [0.5, 0.6) is 0 Å². The van der Waals surface area contributed by atoms with Gasteiger partial charge in [-0.15, -0.1) is 6.58 Å². The Hall–Kier alpha value is -0.990. The first kappa shape index (κ1) is 14.0. The predicted molar refractivity (Wildman–Crippen MR) is 62.9 cm³/mol. The minimum atomic E-state index is -0.410. The molecule has 0 aliphatic carbocycles. The number of carbonyl (C=O) groups is 1. The first-order valence-electron chi connectivity index (χ1n) is 5.42. The number of amides is 1. The fraction of sp³-hybridized carbons (Fsp3) is 0.750. The largest absolute Gasteiger partial charge is 0.444 e. The Labute approximate surface area is 93.1 Å². The van der Waals surface area contributed by atoms with Gasteiger partial charge in [0.2, 0.25) is 0 Å². The van der Waals surface area contributed by atoms with E-state index in [1.165, 1.54) is 0 Å². The molecule has 0 spiro atoms. The van der Waals surface area contributed by atoms with Crippen LogP contribution >= 0.6 is 0 Å². The number of unbranched alkanes of at least 4 members (excludes halogenated alkanes) is 2. The first-order chi connectivity index (χ1) is 6.87. The van der Waals surface area contributed by atoms with E-state index in [0.717, 1.165) is 25.8 Å². The van der Waals surface area contributed by atoms with Crippen molar-refractivity contribution >= 4 is 6.09 Å². The Morgan fingerprint density at radius 1 is 1.40 bits per heavy atom. The van der Waals surface area contributed by atoms with Crippen molar-refractivity contribution < 1.29 is 9.53 Å². The average molecular weight is 213 g/mol. The highest BCUT2D eigenvalue weighted by Gasteiger charge is 2.18. The Morgan fingerprint density at radius 3 is 2.47 bits per heavy atom. The van der Waals surface area contributed by atoms with Crippen molar-refractivity contribution in [3.63, 3.8) is 0 Å². The van der Waals surface area contributed by atoms with Crippen LogP contribution in [0.3, 0.4) is 0 Å². The van der Waals surface area contributed by atoms with Gasteiger partial charge in [-0.2, -0.15) is 0 Å². The number of hydrogen-bond acceptors (Lipinski definition) is 2. The quantitative estimate of drug-likeness (QED) is 0.518. The molecule has 0 rings (SSSR count). The number of ether oxygens (including phenoxy) is 1. The third-order valence-corrected chi connectivity index (χ3v) is 1.86. The van der Waals surface area contributed by atoms with Crippen LogP contribution in [0, 0.1) is 0 Å². The summed E-state index contributed by atoms with van der Waals surface area (Å²) < 4.78 is 5.22. The van der Waals surface area contributed by atoms with Crippen molar-refractivity contribution in [1.29, 1.82) is 0 Å². The van der Waals surface area contributed by atoms with E-state index in [9.17, 15) is 4.79 Å². The first-order valence-corrected chi connectivity index (χ1v) is 5.42. The molecule has 0 N–H and O–H groups in total. The molecule has 0 radical (unpaired) electrons. The molecule has 0 bridgehead atoms. The molecule has 15 heavy (non-hydrogen) atoms. The molecule has 0 fully saturated rings. The second-order valence-corrected chi connectivity index (χ2v) is 4.69.